The van der Waals surface area contributed by atoms with Crippen molar-refractivity contribution < 1.29 is 9.13 Å². The number of halogens is 1. The van der Waals surface area contributed by atoms with Gasteiger partial charge >= 0.3 is 0 Å². The van der Waals surface area contributed by atoms with Gasteiger partial charge in [0.25, 0.3) is 0 Å². The first kappa shape index (κ1) is 19.7. The summed E-state index contributed by atoms with van der Waals surface area (Å²) in [6, 6.07) is 26.3. The zero-order chi connectivity index (χ0) is 20.6. The molecule has 3 aromatic rings. The molecular formula is C27H28FOS+. The van der Waals surface area contributed by atoms with Crippen LogP contribution in [0.1, 0.15) is 39.0 Å². The van der Waals surface area contributed by atoms with Crippen LogP contribution in [0.4, 0.5) is 4.39 Å². The monoisotopic (exact) mass is 419 g/mol. The average Bonchev–Trinajstić information content (AvgIpc) is 3.39. The van der Waals surface area contributed by atoms with Crippen molar-refractivity contribution in [2.75, 3.05) is 0 Å². The van der Waals surface area contributed by atoms with E-state index in [0.717, 1.165) is 23.7 Å². The summed E-state index contributed by atoms with van der Waals surface area (Å²) in [7, 11) is -0.346. The average molecular weight is 420 g/mol. The lowest BCUT2D eigenvalue weighted by molar-refractivity contribution is 0.00612. The molecule has 1 nitrogen and oxygen atoms in total. The minimum atomic E-state index is -0.346. The summed E-state index contributed by atoms with van der Waals surface area (Å²) in [5.41, 5.74) is -0.175. The molecule has 3 heteroatoms. The van der Waals surface area contributed by atoms with Crippen LogP contribution in [0.15, 0.2) is 93.5 Å². The van der Waals surface area contributed by atoms with E-state index in [1.807, 2.05) is 42.5 Å². The lowest BCUT2D eigenvalue weighted by Crippen LogP contribution is -2.41. The van der Waals surface area contributed by atoms with E-state index in [4.69, 9.17) is 4.74 Å². The summed E-state index contributed by atoms with van der Waals surface area (Å²) >= 11 is 0. The Labute approximate surface area is 181 Å². The third-order valence-electron chi connectivity index (χ3n) is 6.93. The Hall–Kier alpha value is -2.26. The van der Waals surface area contributed by atoms with Gasteiger partial charge in [0, 0.05) is 6.07 Å². The van der Waals surface area contributed by atoms with Gasteiger partial charge < -0.3 is 4.74 Å². The first-order valence-corrected chi connectivity index (χ1v) is 12.2. The standard InChI is InChI=1S/C27H28FOS/c1-2-27(19-20-13-14-21(27)17-20)29-26-16-15-24(18-25(26)28)30(22-9-5-3-6-10-22)23-11-7-4-8-12-23/h3-12,15-16,18,20-21H,2,13-14,17,19H2,1H3/q+1. The summed E-state index contributed by atoms with van der Waals surface area (Å²) in [6.45, 7) is 2.19. The second kappa shape index (κ2) is 8.11. The van der Waals surface area contributed by atoms with Crippen LogP contribution in [0.3, 0.4) is 0 Å². The molecule has 2 saturated carbocycles. The fourth-order valence-corrected chi connectivity index (χ4v) is 7.56. The lowest BCUT2D eigenvalue weighted by Gasteiger charge is -2.37. The van der Waals surface area contributed by atoms with E-state index in [-0.39, 0.29) is 22.3 Å². The van der Waals surface area contributed by atoms with Crippen LogP contribution in [0.5, 0.6) is 5.75 Å². The minimum Gasteiger partial charge on any atom is -0.484 e. The van der Waals surface area contributed by atoms with E-state index in [0.29, 0.717) is 11.7 Å². The molecule has 0 aliphatic heterocycles. The molecule has 0 radical (unpaired) electrons. The smallest absolute Gasteiger partial charge is 0.170 e. The molecule has 3 aromatic carbocycles. The number of benzene rings is 3. The molecule has 0 aromatic heterocycles. The molecule has 0 N–H and O–H groups in total. The van der Waals surface area contributed by atoms with Gasteiger partial charge in [0.05, 0.1) is 10.9 Å². The third-order valence-corrected chi connectivity index (χ3v) is 9.14. The molecule has 2 aliphatic carbocycles. The van der Waals surface area contributed by atoms with Crippen molar-refractivity contribution in [1.29, 1.82) is 0 Å². The van der Waals surface area contributed by atoms with E-state index < -0.39 is 0 Å². The highest BCUT2D eigenvalue weighted by Crippen LogP contribution is 2.54. The quantitative estimate of drug-likeness (QED) is 0.382. The van der Waals surface area contributed by atoms with Gasteiger partial charge in [-0.05, 0) is 80.3 Å². The molecule has 0 amide bonds. The third kappa shape index (κ3) is 3.54. The largest absolute Gasteiger partial charge is 0.484 e. The van der Waals surface area contributed by atoms with Gasteiger partial charge in [0.2, 0.25) is 0 Å². The first-order valence-electron chi connectivity index (χ1n) is 11.0. The van der Waals surface area contributed by atoms with Crippen LogP contribution in [0.25, 0.3) is 0 Å². The second-order valence-electron chi connectivity index (χ2n) is 8.63. The minimum absolute atomic E-state index is 0.175. The summed E-state index contributed by atoms with van der Waals surface area (Å²) in [6.07, 6.45) is 5.82. The molecule has 154 valence electrons. The maximum Gasteiger partial charge on any atom is 0.170 e. The maximum atomic E-state index is 15.3. The van der Waals surface area contributed by atoms with E-state index in [1.165, 1.54) is 29.1 Å². The fraction of sp³-hybridized carbons (Fsp3) is 0.333. The van der Waals surface area contributed by atoms with Gasteiger partial charge in [-0.25, -0.2) is 4.39 Å². The second-order valence-corrected chi connectivity index (χ2v) is 10.7. The summed E-state index contributed by atoms with van der Waals surface area (Å²) in [4.78, 5) is 3.36. The Morgan fingerprint density at radius 2 is 1.57 bits per heavy atom. The van der Waals surface area contributed by atoms with Crippen molar-refractivity contribution in [2.24, 2.45) is 11.8 Å². The van der Waals surface area contributed by atoms with Crippen LogP contribution >= 0.6 is 0 Å². The van der Waals surface area contributed by atoms with E-state index in [1.54, 1.807) is 6.07 Å². The number of rotatable bonds is 6. The van der Waals surface area contributed by atoms with Crippen LogP contribution in [-0.4, -0.2) is 5.60 Å². The molecule has 5 rings (SSSR count). The lowest BCUT2D eigenvalue weighted by atomic mass is 9.82. The number of hydrogen-bond acceptors (Lipinski definition) is 1. The molecular weight excluding hydrogens is 391 g/mol. The summed E-state index contributed by atoms with van der Waals surface area (Å²) in [5.74, 6) is 1.51. The van der Waals surface area contributed by atoms with Crippen LogP contribution in [-0.2, 0) is 10.9 Å². The molecule has 2 fully saturated rings. The molecule has 30 heavy (non-hydrogen) atoms. The van der Waals surface area contributed by atoms with Crippen molar-refractivity contribution in [1.82, 2.24) is 0 Å². The first-order chi connectivity index (χ1) is 14.7. The molecule has 0 spiro atoms. The summed E-state index contributed by atoms with van der Waals surface area (Å²) < 4.78 is 21.8. The van der Waals surface area contributed by atoms with Gasteiger partial charge in [-0.15, -0.1) is 0 Å². The Kier molecular flexibility index (Phi) is 5.32. The molecule has 2 aliphatic rings. The highest BCUT2D eigenvalue weighted by molar-refractivity contribution is 7.97. The fourth-order valence-electron chi connectivity index (χ4n) is 5.46. The number of hydrogen-bond donors (Lipinski definition) is 0. The van der Waals surface area contributed by atoms with Gasteiger partial charge in [-0.1, -0.05) is 43.3 Å². The van der Waals surface area contributed by atoms with Gasteiger partial charge in [-0.2, -0.15) is 0 Å². The Morgan fingerprint density at radius 1 is 0.900 bits per heavy atom. The summed E-state index contributed by atoms with van der Waals surface area (Å²) in [5, 5.41) is 0. The van der Waals surface area contributed by atoms with E-state index in [2.05, 4.69) is 37.3 Å². The van der Waals surface area contributed by atoms with Gasteiger partial charge in [-0.3, -0.25) is 0 Å². The number of ether oxygens (including phenoxy) is 1. The normalized spacial score (nSPS) is 25.0. The van der Waals surface area contributed by atoms with Crippen LogP contribution < -0.4 is 4.74 Å². The van der Waals surface area contributed by atoms with Crippen molar-refractivity contribution in [3.8, 4) is 5.75 Å². The zero-order valence-corrected chi connectivity index (χ0v) is 18.2. The molecule has 0 saturated heterocycles. The Bertz CT molecular complexity index is 966. The maximum absolute atomic E-state index is 15.3. The van der Waals surface area contributed by atoms with Crippen molar-refractivity contribution >= 4 is 10.9 Å². The topological polar surface area (TPSA) is 9.23 Å². The zero-order valence-electron chi connectivity index (χ0n) is 17.4. The van der Waals surface area contributed by atoms with E-state index >= 15 is 4.39 Å². The van der Waals surface area contributed by atoms with Crippen molar-refractivity contribution in [3.63, 3.8) is 0 Å². The molecule has 3 unspecified atom stereocenters. The molecule has 0 heterocycles. The number of fused-ring (bicyclic) bond motifs is 2. The van der Waals surface area contributed by atoms with Crippen LogP contribution in [0.2, 0.25) is 0 Å². The van der Waals surface area contributed by atoms with Crippen LogP contribution in [0, 0.1) is 17.7 Å². The predicted octanol–water partition coefficient (Wildman–Crippen LogP) is 7.27. The highest BCUT2D eigenvalue weighted by atomic mass is 32.2. The SMILES string of the molecule is CCC1(Oc2ccc([S+](c3ccccc3)c3ccccc3)cc2F)CC2CCC1C2. The highest BCUT2D eigenvalue weighted by Gasteiger charge is 2.52. The van der Waals surface area contributed by atoms with Gasteiger partial charge in [0.1, 0.15) is 5.60 Å². The van der Waals surface area contributed by atoms with Crippen molar-refractivity contribution in [2.45, 2.75) is 59.3 Å². The van der Waals surface area contributed by atoms with E-state index in [9.17, 15) is 0 Å². The Balaban J connectivity index is 1.48. The van der Waals surface area contributed by atoms with Gasteiger partial charge in [0.15, 0.2) is 26.3 Å². The molecule has 3 atom stereocenters. The predicted molar refractivity (Wildman–Crippen MR) is 121 cm³/mol. The Morgan fingerprint density at radius 3 is 2.07 bits per heavy atom. The van der Waals surface area contributed by atoms with Crippen molar-refractivity contribution in [3.05, 3.63) is 84.7 Å². The molecule has 2 bridgehead atoms.